The molecular formula is C15H15N3O3S. The molecule has 0 bridgehead atoms. The molecule has 1 heterocycles. The number of benzene rings is 2. The Balaban J connectivity index is 1.92. The van der Waals surface area contributed by atoms with Gasteiger partial charge in [-0.25, -0.2) is 13.2 Å². The van der Waals surface area contributed by atoms with E-state index < -0.39 is 10.0 Å². The number of aromatic amines is 2. The molecule has 0 spiro atoms. The Bertz CT molecular complexity index is 969. The van der Waals surface area contributed by atoms with Gasteiger partial charge in [0.2, 0.25) is 0 Å². The summed E-state index contributed by atoms with van der Waals surface area (Å²) >= 11 is 0. The van der Waals surface area contributed by atoms with E-state index in [9.17, 15) is 13.2 Å². The topological polar surface area (TPSA) is 94.8 Å². The van der Waals surface area contributed by atoms with E-state index in [1.54, 1.807) is 42.5 Å². The van der Waals surface area contributed by atoms with Crippen LogP contribution in [-0.4, -0.2) is 18.4 Å². The Morgan fingerprint density at radius 1 is 1.00 bits per heavy atom. The van der Waals surface area contributed by atoms with Gasteiger partial charge in [-0.3, -0.25) is 4.72 Å². The number of sulfonamides is 1. The van der Waals surface area contributed by atoms with Crippen LogP contribution in [0.1, 0.15) is 12.5 Å². The molecule has 22 heavy (non-hydrogen) atoms. The van der Waals surface area contributed by atoms with Gasteiger partial charge in [0.05, 0.1) is 21.6 Å². The third kappa shape index (κ3) is 2.75. The van der Waals surface area contributed by atoms with Gasteiger partial charge >= 0.3 is 5.69 Å². The average Bonchev–Trinajstić information content (AvgIpc) is 2.86. The number of aromatic nitrogens is 2. The molecule has 0 aliphatic rings. The van der Waals surface area contributed by atoms with E-state index in [0.717, 1.165) is 12.0 Å². The lowest BCUT2D eigenvalue weighted by atomic mass is 10.2. The highest BCUT2D eigenvalue weighted by Crippen LogP contribution is 2.19. The molecule has 3 rings (SSSR count). The number of imidazole rings is 1. The average molecular weight is 317 g/mol. The molecule has 0 amide bonds. The molecule has 0 atom stereocenters. The van der Waals surface area contributed by atoms with Gasteiger partial charge in [0, 0.05) is 0 Å². The first kappa shape index (κ1) is 14.4. The summed E-state index contributed by atoms with van der Waals surface area (Å²) in [4.78, 5) is 16.6. The summed E-state index contributed by atoms with van der Waals surface area (Å²) in [5.74, 6) is 0. The Morgan fingerprint density at radius 2 is 1.68 bits per heavy atom. The molecule has 3 N–H and O–H groups in total. The zero-order chi connectivity index (χ0) is 15.7. The molecule has 2 aromatic carbocycles. The molecule has 0 fully saturated rings. The molecular weight excluding hydrogens is 302 g/mol. The van der Waals surface area contributed by atoms with Crippen LogP contribution in [0.4, 0.5) is 5.69 Å². The van der Waals surface area contributed by atoms with Gasteiger partial charge in [0.15, 0.2) is 0 Å². The highest BCUT2D eigenvalue weighted by molar-refractivity contribution is 7.92. The molecule has 0 aliphatic carbocycles. The fraction of sp³-hybridized carbons (Fsp3) is 0.133. The van der Waals surface area contributed by atoms with Crippen LogP contribution in [0, 0.1) is 0 Å². The number of nitrogens with one attached hydrogen (secondary N) is 3. The minimum Gasteiger partial charge on any atom is -0.306 e. The number of fused-ring (bicyclic) bond motifs is 1. The van der Waals surface area contributed by atoms with Crippen molar-refractivity contribution in [3.8, 4) is 0 Å². The van der Waals surface area contributed by atoms with Gasteiger partial charge in [-0.15, -0.1) is 0 Å². The van der Waals surface area contributed by atoms with E-state index in [-0.39, 0.29) is 10.6 Å². The van der Waals surface area contributed by atoms with Crippen molar-refractivity contribution in [1.29, 1.82) is 0 Å². The summed E-state index contributed by atoms with van der Waals surface area (Å²) in [6.07, 6.45) is 0.852. The molecule has 0 aliphatic heterocycles. The third-order valence-corrected chi connectivity index (χ3v) is 4.81. The smallest absolute Gasteiger partial charge is 0.306 e. The summed E-state index contributed by atoms with van der Waals surface area (Å²) in [6, 6.07) is 11.6. The van der Waals surface area contributed by atoms with Crippen LogP contribution in [0.25, 0.3) is 11.0 Å². The Hall–Kier alpha value is -2.54. The highest BCUT2D eigenvalue weighted by atomic mass is 32.2. The van der Waals surface area contributed by atoms with Gasteiger partial charge in [0.25, 0.3) is 10.0 Å². The molecule has 0 radical (unpaired) electrons. The summed E-state index contributed by atoms with van der Waals surface area (Å²) in [6.45, 7) is 2.01. The first-order valence-electron chi connectivity index (χ1n) is 6.82. The summed E-state index contributed by atoms with van der Waals surface area (Å²) in [5, 5.41) is 0. The lowest BCUT2D eigenvalue weighted by Crippen LogP contribution is -2.12. The Labute approximate surface area is 127 Å². The van der Waals surface area contributed by atoms with Crippen LogP contribution in [-0.2, 0) is 16.4 Å². The van der Waals surface area contributed by atoms with Crippen molar-refractivity contribution in [2.24, 2.45) is 0 Å². The van der Waals surface area contributed by atoms with E-state index in [4.69, 9.17) is 0 Å². The number of rotatable bonds is 4. The van der Waals surface area contributed by atoms with E-state index in [0.29, 0.717) is 16.7 Å². The maximum absolute atomic E-state index is 12.4. The number of hydrogen-bond acceptors (Lipinski definition) is 3. The quantitative estimate of drug-likeness (QED) is 0.688. The number of anilines is 1. The van der Waals surface area contributed by atoms with Crippen molar-refractivity contribution in [1.82, 2.24) is 9.97 Å². The maximum atomic E-state index is 12.4. The first-order chi connectivity index (χ1) is 10.5. The van der Waals surface area contributed by atoms with Gasteiger partial charge < -0.3 is 9.97 Å². The standard InChI is InChI=1S/C15H15N3O3S/c1-2-10-3-6-12(7-4-10)22(20,21)18-11-5-8-13-14(9-11)17-15(19)16-13/h3-9,18H,2H2,1H3,(H2,16,17,19). The largest absolute Gasteiger partial charge is 0.323 e. The fourth-order valence-electron chi connectivity index (χ4n) is 2.21. The lowest BCUT2D eigenvalue weighted by molar-refractivity contribution is 0.601. The second kappa shape index (κ2) is 5.34. The van der Waals surface area contributed by atoms with Gasteiger partial charge in [-0.1, -0.05) is 19.1 Å². The Kier molecular flexibility index (Phi) is 3.50. The third-order valence-electron chi connectivity index (χ3n) is 3.41. The second-order valence-electron chi connectivity index (χ2n) is 4.94. The predicted octanol–water partition coefficient (Wildman–Crippen LogP) is 2.22. The van der Waals surface area contributed by atoms with Crippen LogP contribution < -0.4 is 10.4 Å². The van der Waals surface area contributed by atoms with Crippen molar-refractivity contribution in [3.63, 3.8) is 0 Å². The minimum atomic E-state index is -3.65. The highest BCUT2D eigenvalue weighted by Gasteiger charge is 2.14. The molecule has 6 nitrogen and oxygen atoms in total. The minimum absolute atomic E-state index is 0.201. The molecule has 0 unspecified atom stereocenters. The summed E-state index contributed by atoms with van der Waals surface area (Å²) in [5.41, 5.74) is 2.31. The zero-order valence-corrected chi connectivity index (χ0v) is 12.7. The molecule has 0 saturated carbocycles. The van der Waals surface area contributed by atoms with Crippen molar-refractivity contribution < 1.29 is 8.42 Å². The maximum Gasteiger partial charge on any atom is 0.323 e. The first-order valence-corrected chi connectivity index (χ1v) is 8.30. The number of hydrogen-bond donors (Lipinski definition) is 3. The van der Waals surface area contributed by atoms with Crippen molar-refractivity contribution in [2.75, 3.05) is 4.72 Å². The van der Waals surface area contributed by atoms with E-state index >= 15 is 0 Å². The number of aryl methyl sites for hydroxylation is 1. The summed E-state index contributed by atoms with van der Waals surface area (Å²) in [7, 11) is -3.65. The monoisotopic (exact) mass is 317 g/mol. The van der Waals surface area contributed by atoms with E-state index in [1.807, 2.05) is 6.92 Å². The predicted molar refractivity (Wildman–Crippen MR) is 85.5 cm³/mol. The fourth-order valence-corrected chi connectivity index (χ4v) is 3.26. The normalized spacial score (nSPS) is 11.7. The van der Waals surface area contributed by atoms with E-state index in [2.05, 4.69) is 14.7 Å². The SMILES string of the molecule is CCc1ccc(S(=O)(=O)Nc2ccc3[nH]c(=O)[nH]c3c2)cc1. The van der Waals surface area contributed by atoms with Gasteiger partial charge in [0.1, 0.15) is 0 Å². The zero-order valence-electron chi connectivity index (χ0n) is 11.9. The van der Waals surface area contributed by atoms with Gasteiger partial charge in [-0.2, -0.15) is 0 Å². The molecule has 3 aromatic rings. The molecule has 114 valence electrons. The molecule has 0 saturated heterocycles. The Morgan fingerprint density at radius 3 is 2.36 bits per heavy atom. The number of H-pyrrole nitrogens is 2. The lowest BCUT2D eigenvalue weighted by Gasteiger charge is -2.08. The molecule has 1 aromatic heterocycles. The van der Waals surface area contributed by atoms with Crippen LogP contribution in [0.3, 0.4) is 0 Å². The van der Waals surface area contributed by atoms with Crippen LogP contribution in [0.5, 0.6) is 0 Å². The van der Waals surface area contributed by atoms with Crippen LogP contribution in [0.15, 0.2) is 52.2 Å². The van der Waals surface area contributed by atoms with Crippen LogP contribution >= 0.6 is 0 Å². The second-order valence-corrected chi connectivity index (χ2v) is 6.62. The van der Waals surface area contributed by atoms with Crippen molar-refractivity contribution >= 4 is 26.7 Å². The summed E-state index contributed by atoms with van der Waals surface area (Å²) < 4.78 is 27.2. The van der Waals surface area contributed by atoms with Gasteiger partial charge in [-0.05, 0) is 42.3 Å². The van der Waals surface area contributed by atoms with E-state index in [1.165, 1.54) is 0 Å². The molecule has 7 heteroatoms. The van der Waals surface area contributed by atoms with Crippen LogP contribution in [0.2, 0.25) is 0 Å². The van der Waals surface area contributed by atoms with Crippen molar-refractivity contribution in [2.45, 2.75) is 18.2 Å². The van der Waals surface area contributed by atoms with Crippen molar-refractivity contribution in [3.05, 3.63) is 58.5 Å².